The van der Waals surface area contributed by atoms with Crippen LogP contribution < -0.4 is 5.32 Å². The van der Waals surface area contributed by atoms with Crippen LogP contribution in [-0.4, -0.2) is 39.2 Å². The van der Waals surface area contributed by atoms with Crippen molar-refractivity contribution in [1.82, 2.24) is 9.88 Å². The molecule has 4 rings (SSSR count). The fourth-order valence-corrected chi connectivity index (χ4v) is 3.47. The van der Waals surface area contributed by atoms with Gasteiger partial charge in [-0.3, -0.25) is 0 Å². The maximum Gasteiger partial charge on any atom is 0.322 e. The van der Waals surface area contributed by atoms with E-state index in [0.29, 0.717) is 18.2 Å². The minimum absolute atomic E-state index is 0.158. The quantitative estimate of drug-likeness (QED) is 0.904. The molecular formula is C18H23N3O3. The Morgan fingerprint density at radius 3 is 2.88 bits per heavy atom. The number of rotatable bonds is 3. The fraction of sp³-hybridized carbons (Fsp3) is 0.556. The number of fused-ring (bicyclic) bond motifs is 1. The van der Waals surface area contributed by atoms with Gasteiger partial charge in [-0.05, 0) is 57.7 Å². The number of carbonyl (C=O) groups is 1. The highest BCUT2D eigenvalue weighted by Gasteiger charge is 2.38. The molecular weight excluding hydrogens is 306 g/mol. The van der Waals surface area contributed by atoms with E-state index in [1.165, 1.54) is 0 Å². The van der Waals surface area contributed by atoms with Crippen molar-refractivity contribution in [3.63, 3.8) is 0 Å². The van der Waals surface area contributed by atoms with E-state index in [1.807, 2.05) is 18.2 Å². The molecule has 24 heavy (non-hydrogen) atoms. The zero-order valence-corrected chi connectivity index (χ0v) is 14.1. The van der Waals surface area contributed by atoms with Gasteiger partial charge in [0.1, 0.15) is 5.52 Å². The zero-order chi connectivity index (χ0) is 16.9. The molecule has 2 aliphatic rings. The van der Waals surface area contributed by atoms with Crippen molar-refractivity contribution in [2.24, 2.45) is 0 Å². The van der Waals surface area contributed by atoms with E-state index in [9.17, 15) is 9.90 Å². The second-order valence-electron chi connectivity index (χ2n) is 7.44. The third-order valence-corrected chi connectivity index (χ3v) is 4.91. The van der Waals surface area contributed by atoms with Crippen LogP contribution in [0.2, 0.25) is 0 Å². The predicted molar refractivity (Wildman–Crippen MR) is 91.0 cm³/mol. The van der Waals surface area contributed by atoms with Gasteiger partial charge in [-0.25, -0.2) is 9.78 Å². The summed E-state index contributed by atoms with van der Waals surface area (Å²) in [6.07, 6.45) is 4.02. The molecule has 2 heterocycles. The first-order chi connectivity index (χ1) is 11.4. The highest BCUT2D eigenvalue weighted by Crippen LogP contribution is 2.40. The molecule has 1 saturated heterocycles. The van der Waals surface area contributed by atoms with Gasteiger partial charge in [-0.2, -0.15) is 0 Å². The topological polar surface area (TPSA) is 78.6 Å². The zero-order valence-electron chi connectivity index (χ0n) is 14.1. The van der Waals surface area contributed by atoms with Gasteiger partial charge in [0.15, 0.2) is 11.5 Å². The highest BCUT2D eigenvalue weighted by atomic mass is 16.3. The van der Waals surface area contributed by atoms with Crippen LogP contribution >= 0.6 is 0 Å². The number of hydrogen-bond acceptors (Lipinski definition) is 4. The summed E-state index contributed by atoms with van der Waals surface area (Å²) >= 11 is 0. The molecule has 2 N–H and O–H groups in total. The number of amides is 2. The molecule has 2 fully saturated rings. The number of aromatic nitrogens is 1. The molecule has 0 spiro atoms. The molecule has 6 nitrogen and oxygen atoms in total. The van der Waals surface area contributed by atoms with Crippen LogP contribution in [0.5, 0.6) is 0 Å². The minimum atomic E-state index is -0.900. The Kier molecular flexibility index (Phi) is 3.53. The van der Waals surface area contributed by atoms with Crippen LogP contribution in [0.15, 0.2) is 22.6 Å². The molecule has 1 aromatic carbocycles. The predicted octanol–water partition coefficient (Wildman–Crippen LogP) is 3.47. The number of hydrogen-bond donors (Lipinski definition) is 2. The van der Waals surface area contributed by atoms with E-state index >= 15 is 0 Å². The van der Waals surface area contributed by atoms with Crippen LogP contribution in [0.1, 0.15) is 51.3 Å². The van der Waals surface area contributed by atoms with Crippen molar-refractivity contribution in [2.45, 2.75) is 57.1 Å². The first-order valence-electron chi connectivity index (χ1n) is 8.62. The number of anilines is 1. The molecule has 2 amide bonds. The second kappa shape index (κ2) is 5.48. The van der Waals surface area contributed by atoms with Crippen molar-refractivity contribution in [3.05, 3.63) is 24.1 Å². The number of urea groups is 1. The largest absolute Gasteiger partial charge is 0.440 e. The van der Waals surface area contributed by atoms with E-state index in [2.05, 4.69) is 10.3 Å². The van der Waals surface area contributed by atoms with E-state index < -0.39 is 5.60 Å². The first kappa shape index (κ1) is 15.4. The van der Waals surface area contributed by atoms with E-state index in [4.69, 9.17) is 4.42 Å². The number of benzene rings is 1. The number of oxazole rings is 1. The van der Waals surface area contributed by atoms with Crippen LogP contribution in [0.3, 0.4) is 0 Å². The average Bonchev–Trinajstić information content (AvgIpc) is 3.09. The Morgan fingerprint density at radius 1 is 1.38 bits per heavy atom. The minimum Gasteiger partial charge on any atom is -0.440 e. The van der Waals surface area contributed by atoms with Gasteiger partial charge in [0, 0.05) is 18.2 Å². The van der Waals surface area contributed by atoms with Crippen LogP contribution in [-0.2, 0) is 0 Å². The maximum atomic E-state index is 12.6. The van der Waals surface area contributed by atoms with E-state index in [0.717, 1.165) is 42.7 Å². The SMILES string of the molecule is CC(C)(O)[C@H]1CCCN1C(=O)Nc1ccc2oc(C3CC3)nc2c1. The summed E-state index contributed by atoms with van der Waals surface area (Å²) in [6.45, 7) is 4.17. The van der Waals surface area contributed by atoms with Gasteiger partial charge < -0.3 is 19.7 Å². The lowest BCUT2D eigenvalue weighted by Crippen LogP contribution is -2.49. The lowest BCUT2D eigenvalue weighted by atomic mass is 9.97. The Hall–Kier alpha value is -2.08. The first-order valence-corrected chi connectivity index (χ1v) is 8.62. The van der Waals surface area contributed by atoms with Gasteiger partial charge >= 0.3 is 6.03 Å². The Bertz CT molecular complexity index is 773. The van der Waals surface area contributed by atoms with Crippen LogP contribution in [0.25, 0.3) is 11.1 Å². The summed E-state index contributed by atoms with van der Waals surface area (Å²) in [7, 11) is 0. The van der Waals surface area contributed by atoms with Crippen molar-refractivity contribution in [2.75, 3.05) is 11.9 Å². The van der Waals surface area contributed by atoms with Crippen molar-refractivity contribution in [3.8, 4) is 0 Å². The lowest BCUT2D eigenvalue weighted by Gasteiger charge is -2.33. The third kappa shape index (κ3) is 2.86. The molecule has 1 aliphatic carbocycles. The third-order valence-electron chi connectivity index (χ3n) is 4.91. The number of likely N-dealkylation sites (tertiary alicyclic amines) is 1. The fourth-order valence-electron chi connectivity index (χ4n) is 3.47. The standard InChI is InChI=1S/C18H23N3O3/c1-18(2,23)15-4-3-9-21(15)17(22)19-12-7-8-14-13(10-12)20-16(24-14)11-5-6-11/h7-8,10-11,15,23H,3-6,9H2,1-2H3,(H,19,22)/t15-/m1/s1. The molecule has 128 valence electrons. The normalized spacial score (nSPS) is 21.5. The Labute approximate surface area is 140 Å². The number of aliphatic hydroxyl groups is 1. The molecule has 1 aliphatic heterocycles. The van der Waals surface area contributed by atoms with E-state index in [-0.39, 0.29) is 12.1 Å². The molecule has 0 unspecified atom stereocenters. The molecule has 2 aromatic rings. The highest BCUT2D eigenvalue weighted by molar-refractivity contribution is 5.92. The molecule has 1 aromatic heterocycles. The van der Waals surface area contributed by atoms with Crippen molar-refractivity contribution >= 4 is 22.8 Å². The van der Waals surface area contributed by atoms with Gasteiger partial charge in [0.25, 0.3) is 0 Å². The number of carbonyl (C=O) groups excluding carboxylic acids is 1. The summed E-state index contributed by atoms with van der Waals surface area (Å²) in [5.41, 5.74) is 1.33. The molecule has 6 heteroatoms. The average molecular weight is 329 g/mol. The lowest BCUT2D eigenvalue weighted by molar-refractivity contribution is 0.0117. The van der Waals surface area contributed by atoms with Crippen molar-refractivity contribution < 1.29 is 14.3 Å². The monoisotopic (exact) mass is 329 g/mol. The molecule has 1 saturated carbocycles. The summed E-state index contributed by atoms with van der Waals surface area (Å²) in [5, 5.41) is 13.2. The maximum absolute atomic E-state index is 12.6. The smallest absolute Gasteiger partial charge is 0.322 e. The van der Waals surface area contributed by atoms with Gasteiger partial charge in [0.05, 0.1) is 11.6 Å². The summed E-state index contributed by atoms with van der Waals surface area (Å²) in [6, 6.07) is 5.19. The Morgan fingerprint density at radius 2 is 2.17 bits per heavy atom. The molecule has 0 bridgehead atoms. The molecule has 0 radical (unpaired) electrons. The number of nitrogens with zero attached hydrogens (tertiary/aromatic N) is 2. The van der Waals surface area contributed by atoms with E-state index in [1.54, 1.807) is 18.7 Å². The van der Waals surface area contributed by atoms with Crippen LogP contribution in [0, 0.1) is 0 Å². The summed E-state index contributed by atoms with van der Waals surface area (Å²) < 4.78 is 5.75. The number of nitrogens with one attached hydrogen (secondary N) is 1. The summed E-state index contributed by atoms with van der Waals surface area (Å²) in [5.74, 6) is 1.27. The van der Waals surface area contributed by atoms with Gasteiger partial charge in [-0.1, -0.05) is 0 Å². The second-order valence-corrected chi connectivity index (χ2v) is 7.44. The van der Waals surface area contributed by atoms with Gasteiger partial charge in [0.2, 0.25) is 0 Å². The molecule has 1 atom stereocenters. The Balaban J connectivity index is 1.51. The van der Waals surface area contributed by atoms with Crippen molar-refractivity contribution in [1.29, 1.82) is 0 Å². The summed E-state index contributed by atoms with van der Waals surface area (Å²) in [4.78, 5) is 18.8. The van der Waals surface area contributed by atoms with Gasteiger partial charge in [-0.15, -0.1) is 0 Å². The van der Waals surface area contributed by atoms with Crippen LogP contribution in [0.4, 0.5) is 10.5 Å².